The van der Waals surface area contributed by atoms with Crippen LogP contribution in [0, 0.1) is 6.92 Å². The molecule has 3 rings (SSSR count). The Morgan fingerprint density at radius 3 is 2.95 bits per heavy atom. The molecular formula is C14H12N4O2. The second-order valence-corrected chi connectivity index (χ2v) is 4.47. The van der Waals surface area contributed by atoms with Gasteiger partial charge in [-0.15, -0.1) is 0 Å². The van der Waals surface area contributed by atoms with E-state index in [1.807, 2.05) is 12.1 Å². The number of hydrogen-bond acceptors (Lipinski definition) is 4. The molecule has 0 aliphatic rings. The summed E-state index contributed by atoms with van der Waals surface area (Å²) in [6.45, 7) is 1.80. The van der Waals surface area contributed by atoms with Gasteiger partial charge in [-0.05, 0) is 24.6 Å². The molecule has 0 saturated carbocycles. The first-order chi connectivity index (χ1) is 9.65. The van der Waals surface area contributed by atoms with Gasteiger partial charge in [0.1, 0.15) is 11.5 Å². The fourth-order valence-corrected chi connectivity index (χ4v) is 2.22. The smallest absolute Gasteiger partial charge is 0.307 e. The summed E-state index contributed by atoms with van der Waals surface area (Å²) in [7, 11) is 0. The molecule has 0 aliphatic carbocycles. The summed E-state index contributed by atoms with van der Waals surface area (Å²) in [6, 6.07) is 3.72. The molecule has 6 heteroatoms. The lowest BCUT2D eigenvalue weighted by molar-refractivity contribution is -0.136. The molecule has 0 spiro atoms. The van der Waals surface area contributed by atoms with E-state index in [4.69, 9.17) is 5.11 Å². The molecule has 0 bridgehead atoms. The maximum absolute atomic E-state index is 11.0. The van der Waals surface area contributed by atoms with Crippen LogP contribution in [-0.4, -0.2) is 31.0 Å². The number of carbonyl (C=O) groups is 1. The third-order valence-corrected chi connectivity index (χ3v) is 3.00. The summed E-state index contributed by atoms with van der Waals surface area (Å²) >= 11 is 0. The molecule has 0 saturated heterocycles. The number of carboxylic acids is 1. The van der Waals surface area contributed by atoms with Gasteiger partial charge >= 0.3 is 5.97 Å². The Morgan fingerprint density at radius 2 is 2.25 bits per heavy atom. The van der Waals surface area contributed by atoms with Crippen LogP contribution in [0.1, 0.15) is 11.4 Å². The third kappa shape index (κ3) is 2.11. The van der Waals surface area contributed by atoms with Crippen LogP contribution in [0.2, 0.25) is 0 Å². The molecule has 0 unspecified atom stereocenters. The predicted octanol–water partition coefficient (Wildman–Crippen LogP) is 1.96. The standard InChI is InChI=1S/C14H12N4O2/c1-8-17-13(9-3-2-4-15-6-9)12-10(5-11(19)20)7-16-14(12)18-8/h2-4,6-7H,5H2,1H3,(H,19,20)(H,16,17,18). The van der Waals surface area contributed by atoms with Crippen molar-refractivity contribution in [1.29, 1.82) is 0 Å². The minimum atomic E-state index is -0.886. The van der Waals surface area contributed by atoms with E-state index in [0.29, 0.717) is 22.7 Å². The highest BCUT2D eigenvalue weighted by Crippen LogP contribution is 2.28. The molecule has 3 aromatic heterocycles. The molecular weight excluding hydrogens is 256 g/mol. The van der Waals surface area contributed by atoms with Gasteiger partial charge in [-0.1, -0.05) is 0 Å². The lowest BCUT2D eigenvalue weighted by Gasteiger charge is -2.05. The summed E-state index contributed by atoms with van der Waals surface area (Å²) in [5.74, 6) is -0.260. The van der Waals surface area contributed by atoms with E-state index in [2.05, 4.69) is 19.9 Å². The van der Waals surface area contributed by atoms with E-state index in [0.717, 1.165) is 10.9 Å². The van der Waals surface area contributed by atoms with Gasteiger partial charge in [0.25, 0.3) is 0 Å². The van der Waals surface area contributed by atoms with Gasteiger partial charge in [-0.2, -0.15) is 0 Å². The summed E-state index contributed by atoms with van der Waals surface area (Å²) in [5.41, 5.74) is 2.87. The molecule has 0 amide bonds. The monoisotopic (exact) mass is 268 g/mol. The Bertz CT molecular complexity index is 780. The predicted molar refractivity (Wildman–Crippen MR) is 73.2 cm³/mol. The van der Waals surface area contributed by atoms with Gasteiger partial charge in [-0.25, -0.2) is 9.97 Å². The van der Waals surface area contributed by atoms with Crippen LogP contribution in [0.25, 0.3) is 22.3 Å². The van der Waals surface area contributed by atoms with E-state index in [1.165, 1.54) is 0 Å². The van der Waals surface area contributed by atoms with Crippen molar-refractivity contribution in [3.63, 3.8) is 0 Å². The van der Waals surface area contributed by atoms with Crippen molar-refractivity contribution < 1.29 is 9.90 Å². The lowest BCUT2D eigenvalue weighted by atomic mass is 10.1. The number of fused-ring (bicyclic) bond motifs is 1. The fraction of sp³-hybridized carbons (Fsp3) is 0.143. The average Bonchev–Trinajstić information content (AvgIpc) is 2.81. The van der Waals surface area contributed by atoms with Crippen LogP contribution >= 0.6 is 0 Å². The number of carboxylic acid groups (broad SMARTS) is 1. The maximum Gasteiger partial charge on any atom is 0.307 e. The number of pyridine rings is 1. The van der Waals surface area contributed by atoms with Crippen LogP contribution in [0.15, 0.2) is 30.7 Å². The first-order valence-electron chi connectivity index (χ1n) is 6.12. The zero-order valence-electron chi connectivity index (χ0n) is 10.8. The molecule has 20 heavy (non-hydrogen) atoms. The van der Waals surface area contributed by atoms with Gasteiger partial charge in [-0.3, -0.25) is 9.78 Å². The van der Waals surface area contributed by atoms with Gasteiger partial charge in [0.15, 0.2) is 0 Å². The number of aliphatic carboxylic acids is 1. The molecule has 2 N–H and O–H groups in total. The van der Waals surface area contributed by atoms with Crippen molar-refractivity contribution in [2.24, 2.45) is 0 Å². The number of nitrogens with zero attached hydrogens (tertiary/aromatic N) is 3. The largest absolute Gasteiger partial charge is 0.481 e. The van der Waals surface area contributed by atoms with E-state index in [9.17, 15) is 4.79 Å². The third-order valence-electron chi connectivity index (χ3n) is 3.00. The number of nitrogens with one attached hydrogen (secondary N) is 1. The second kappa shape index (κ2) is 4.73. The molecule has 100 valence electrons. The number of aromatic nitrogens is 4. The van der Waals surface area contributed by atoms with Crippen molar-refractivity contribution >= 4 is 17.0 Å². The summed E-state index contributed by atoms with van der Waals surface area (Å²) in [6.07, 6.45) is 5.00. The van der Waals surface area contributed by atoms with E-state index in [-0.39, 0.29) is 6.42 Å². The van der Waals surface area contributed by atoms with E-state index < -0.39 is 5.97 Å². The van der Waals surface area contributed by atoms with Gasteiger partial charge in [0.2, 0.25) is 0 Å². The number of rotatable bonds is 3. The molecule has 3 aromatic rings. The highest BCUT2D eigenvalue weighted by molar-refractivity contribution is 5.95. The van der Waals surface area contributed by atoms with Crippen LogP contribution in [-0.2, 0) is 11.2 Å². The van der Waals surface area contributed by atoms with Gasteiger partial charge in [0.05, 0.1) is 12.1 Å². The Kier molecular flexibility index (Phi) is 2.90. The van der Waals surface area contributed by atoms with Crippen molar-refractivity contribution in [2.45, 2.75) is 13.3 Å². The number of aromatic amines is 1. The molecule has 0 aliphatic heterocycles. The van der Waals surface area contributed by atoms with Crippen molar-refractivity contribution in [3.05, 3.63) is 42.1 Å². The van der Waals surface area contributed by atoms with Crippen LogP contribution in [0.3, 0.4) is 0 Å². The van der Waals surface area contributed by atoms with E-state index in [1.54, 1.807) is 25.5 Å². The fourth-order valence-electron chi connectivity index (χ4n) is 2.22. The highest BCUT2D eigenvalue weighted by Gasteiger charge is 2.15. The SMILES string of the molecule is Cc1nc(-c2cccnc2)c2c(CC(=O)O)c[nH]c2n1. The number of H-pyrrole nitrogens is 1. The lowest BCUT2D eigenvalue weighted by Crippen LogP contribution is -2.01. The zero-order chi connectivity index (χ0) is 14.1. The second-order valence-electron chi connectivity index (χ2n) is 4.47. The highest BCUT2D eigenvalue weighted by atomic mass is 16.4. The maximum atomic E-state index is 11.0. The van der Waals surface area contributed by atoms with Crippen LogP contribution in [0.5, 0.6) is 0 Å². The minimum absolute atomic E-state index is 0.0698. The molecule has 0 fully saturated rings. The minimum Gasteiger partial charge on any atom is -0.481 e. The van der Waals surface area contributed by atoms with Crippen LogP contribution in [0.4, 0.5) is 0 Å². The summed E-state index contributed by atoms with van der Waals surface area (Å²) in [5, 5.41) is 9.74. The molecule has 0 radical (unpaired) electrons. The Hall–Kier alpha value is -2.76. The average molecular weight is 268 g/mol. The number of aryl methyl sites for hydroxylation is 1. The van der Waals surface area contributed by atoms with E-state index >= 15 is 0 Å². The zero-order valence-corrected chi connectivity index (χ0v) is 10.8. The molecule has 6 nitrogen and oxygen atoms in total. The Labute approximate surface area is 114 Å². The molecule has 0 aromatic carbocycles. The van der Waals surface area contributed by atoms with Crippen molar-refractivity contribution in [2.75, 3.05) is 0 Å². The topological polar surface area (TPSA) is 91.8 Å². The van der Waals surface area contributed by atoms with Gasteiger partial charge in [0, 0.05) is 29.5 Å². The number of hydrogen-bond donors (Lipinski definition) is 2. The van der Waals surface area contributed by atoms with Crippen molar-refractivity contribution in [3.8, 4) is 11.3 Å². The van der Waals surface area contributed by atoms with Crippen molar-refractivity contribution in [1.82, 2.24) is 19.9 Å². The molecule has 0 atom stereocenters. The Balaban J connectivity index is 2.29. The quantitative estimate of drug-likeness (QED) is 0.757. The first kappa shape index (κ1) is 12.3. The first-order valence-corrected chi connectivity index (χ1v) is 6.12. The normalized spacial score (nSPS) is 10.8. The molecule has 3 heterocycles. The van der Waals surface area contributed by atoms with Gasteiger partial charge < -0.3 is 10.1 Å². The Morgan fingerprint density at radius 1 is 1.40 bits per heavy atom. The summed E-state index contributed by atoms with van der Waals surface area (Å²) < 4.78 is 0. The summed E-state index contributed by atoms with van der Waals surface area (Å²) in [4.78, 5) is 26.8. The van der Waals surface area contributed by atoms with Crippen LogP contribution < -0.4 is 0 Å².